The molecule has 5 heteroatoms. The van der Waals surface area contributed by atoms with E-state index in [2.05, 4.69) is 5.32 Å². The monoisotopic (exact) mass is 333 g/mol. The minimum absolute atomic E-state index is 0.0556. The normalized spacial score (nSPS) is 13.0. The summed E-state index contributed by atoms with van der Waals surface area (Å²) >= 11 is 0. The third-order valence-corrected chi connectivity index (χ3v) is 3.18. The predicted molar refractivity (Wildman–Crippen MR) is 95.0 cm³/mol. The average molecular weight is 333 g/mol. The summed E-state index contributed by atoms with van der Waals surface area (Å²) < 4.78 is 10.4. The highest BCUT2D eigenvalue weighted by Gasteiger charge is 2.25. The Labute approximate surface area is 144 Å². The van der Waals surface area contributed by atoms with Gasteiger partial charge in [-0.25, -0.2) is 4.79 Å². The van der Waals surface area contributed by atoms with Crippen LogP contribution in [-0.2, 0) is 9.53 Å². The SMILES string of the molecule is COc1cccc(/C=C/C(=O)C(NC(=O)OC(C)(C)C)C(C)C)c1. The van der Waals surface area contributed by atoms with Crippen LogP contribution in [0.1, 0.15) is 40.2 Å². The Bertz CT molecular complexity index is 600. The summed E-state index contributed by atoms with van der Waals surface area (Å²) in [4.78, 5) is 24.3. The molecule has 24 heavy (non-hydrogen) atoms. The van der Waals surface area contributed by atoms with Crippen molar-refractivity contribution in [2.24, 2.45) is 5.92 Å². The number of ether oxygens (including phenoxy) is 2. The minimum Gasteiger partial charge on any atom is -0.497 e. The number of ketones is 1. The number of benzene rings is 1. The Balaban J connectivity index is 2.79. The van der Waals surface area contributed by atoms with Crippen LogP contribution in [0.3, 0.4) is 0 Å². The smallest absolute Gasteiger partial charge is 0.408 e. The van der Waals surface area contributed by atoms with E-state index in [1.807, 2.05) is 38.1 Å². The zero-order chi connectivity index (χ0) is 18.3. The number of amides is 1. The molecular formula is C19H27NO4. The zero-order valence-corrected chi connectivity index (χ0v) is 15.3. The van der Waals surface area contributed by atoms with Gasteiger partial charge in [-0.15, -0.1) is 0 Å². The highest BCUT2D eigenvalue weighted by atomic mass is 16.6. The van der Waals surface area contributed by atoms with Crippen molar-refractivity contribution in [3.05, 3.63) is 35.9 Å². The molecule has 1 amide bonds. The summed E-state index contributed by atoms with van der Waals surface area (Å²) in [5, 5.41) is 2.64. The second-order valence-corrected chi connectivity index (χ2v) is 6.88. The van der Waals surface area contributed by atoms with E-state index < -0.39 is 17.7 Å². The topological polar surface area (TPSA) is 64.6 Å². The Hall–Kier alpha value is -2.30. The zero-order valence-electron chi connectivity index (χ0n) is 15.3. The van der Waals surface area contributed by atoms with Gasteiger partial charge in [0.05, 0.1) is 13.2 Å². The molecule has 0 aromatic heterocycles. The lowest BCUT2D eigenvalue weighted by Crippen LogP contribution is -2.45. The summed E-state index contributed by atoms with van der Waals surface area (Å²) in [5.41, 5.74) is 0.243. The van der Waals surface area contributed by atoms with Crippen LogP contribution < -0.4 is 10.1 Å². The molecule has 0 heterocycles. The second kappa shape index (κ2) is 8.52. The lowest BCUT2D eigenvalue weighted by atomic mass is 9.99. The summed E-state index contributed by atoms with van der Waals surface area (Å²) in [6, 6.07) is 6.75. The van der Waals surface area contributed by atoms with Gasteiger partial charge in [0.1, 0.15) is 11.4 Å². The van der Waals surface area contributed by atoms with Crippen molar-refractivity contribution < 1.29 is 19.1 Å². The first kappa shape index (κ1) is 19.7. The average Bonchev–Trinajstić information content (AvgIpc) is 2.48. The first-order valence-electron chi connectivity index (χ1n) is 7.98. The Kier molecular flexibility index (Phi) is 7.01. The van der Waals surface area contributed by atoms with Gasteiger partial charge >= 0.3 is 6.09 Å². The van der Waals surface area contributed by atoms with Crippen LogP contribution in [0.5, 0.6) is 5.75 Å². The molecule has 1 N–H and O–H groups in total. The first-order valence-corrected chi connectivity index (χ1v) is 7.98. The first-order chi connectivity index (χ1) is 11.1. The van der Waals surface area contributed by atoms with Gasteiger partial charge in [-0.2, -0.15) is 0 Å². The van der Waals surface area contributed by atoms with E-state index in [0.29, 0.717) is 0 Å². The molecule has 1 aromatic rings. The van der Waals surface area contributed by atoms with E-state index in [4.69, 9.17) is 9.47 Å². The largest absolute Gasteiger partial charge is 0.497 e. The van der Waals surface area contributed by atoms with Gasteiger partial charge in [-0.05, 0) is 50.5 Å². The molecule has 0 aliphatic rings. The third kappa shape index (κ3) is 6.86. The molecule has 0 radical (unpaired) electrons. The maximum absolute atomic E-state index is 12.4. The highest BCUT2D eigenvalue weighted by Crippen LogP contribution is 2.14. The number of alkyl carbamates (subject to hydrolysis) is 1. The van der Waals surface area contributed by atoms with E-state index >= 15 is 0 Å². The van der Waals surface area contributed by atoms with Crippen molar-refractivity contribution in [1.29, 1.82) is 0 Å². The van der Waals surface area contributed by atoms with Crippen LogP contribution in [0.2, 0.25) is 0 Å². The number of methoxy groups -OCH3 is 1. The van der Waals surface area contributed by atoms with Gasteiger partial charge in [0, 0.05) is 0 Å². The number of hydrogen-bond donors (Lipinski definition) is 1. The minimum atomic E-state index is -0.637. The van der Waals surface area contributed by atoms with Gasteiger partial charge in [0.2, 0.25) is 0 Å². The van der Waals surface area contributed by atoms with Crippen molar-refractivity contribution in [3.63, 3.8) is 0 Å². The summed E-state index contributed by atoms with van der Waals surface area (Å²) in [6.45, 7) is 9.09. The third-order valence-electron chi connectivity index (χ3n) is 3.18. The maximum Gasteiger partial charge on any atom is 0.408 e. The highest BCUT2D eigenvalue weighted by molar-refractivity contribution is 5.99. The van der Waals surface area contributed by atoms with E-state index in [0.717, 1.165) is 11.3 Å². The molecule has 0 bridgehead atoms. The van der Waals surface area contributed by atoms with Crippen molar-refractivity contribution in [2.75, 3.05) is 7.11 Å². The number of rotatable bonds is 6. The van der Waals surface area contributed by atoms with Crippen LogP contribution in [0.25, 0.3) is 6.08 Å². The van der Waals surface area contributed by atoms with Crippen molar-refractivity contribution in [1.82, 2.24) is 5.32 Å². The molecule has 1 rings (SSSR count). The van der Waals surface area contributed by atoms with Crippen LogP contribution in [0, 0.1) is 5.92 Å². The van der Waals surface area contributed by atoms with Crippen LogP contribution in [-0.4, -0.2) is 30.6 Å². The summed E-state index contributed by atoms with van der Waals surface area (Å²) in [6.07, 6.45) is 2.58. The van der Waals surface area contributed by atoms with Crippen LogP contribution in [0.4, 0.5) is 4.79 Å². The van der Waals surface area contributed by atoms with Gasteiger partial charge in [0.25, 0.3) is 0 Å². The fraction of sp³-hybridized carbons (Fsp3) is 0.474. The summed E-state index contributed by atoms with van der Waals surface area (Å²) in [7, 11) is 1.59. The number of nitrogens with one attached hydrogen (secondary N) is 1. The van der Waals surface area contributed by atoms with Crippen LogP contribution >= 0.6 is 0 Å². The van der Waals surface area contributed by atoms with Crippen molar-refractivity contribution in [3.8, 4) is 5.75 Å². The Morgan fingerprint density at radius 1 is 1.21 bits per heavy atom. The second-order valence-electron chi connectivity index (χ2n) is 6.88. The molecule has 132 valence electrons. The molecule has 0 fully saturated rings. The molecule has 0 aliphatic carbocycles. The van der Waals surface area contributed by atoms with Gasteiger partial charge in [-0.1, -0.05) is 32.1 Å². The van der Waals surface area contributed by atoms with E-state index in [1.165, 1.54) is 6.08 Å². The molecule has 0 saturated carbocycles. The predicted octanol–water partition coefficient (Wildman–Crippen LogP) is 3.83. The standard InChI is InChI=1S/C19H27NO4/c1-13(2)17(20-18(22)24-19(3,4)5)16(21)11-10-14-8-7-9-15(12-14)23-6/h7-13,17H,1-6H3,(H,20,22)/b11-10+. The number of carbonyl (C=O) groups is 2. The fourth-order valence-corrected chi connectivity index (χ4v) is 2.03. The van der Waals surface area contributed by atoms with Gasteiger partial charge in [-0.3, -0.25) is 4.79 Å². The van der Waals surface area contributed by atoms with Crippen molar-refractivity contribution >= 4 is 18.0 Å². The number of carbonyl (C=O) groups excluding carboxylic acids is 2. The molecule has 1 aromatic carbocycles. The number of hydrogen-bond acceptors (Lipinski definition) is 4. The van der Waals surface area contributed by atoms with E-state index in [9.17, 15) is 9.59 Å². The Morgan fingerprint density at radius 2 is 1.88 bits per heavy atom. The molecule has 1 atom stereocenters. The lowest BCUT2D eigenvalue weighted by Gasteiger charge is -2.24. The molecular weight excluding hydrogens is 306 g/mol. The summed E-state index contributed by atoms with van der Waals surface area (Å²) in [5.74, 6) is 0.482. The molecule has 0 spiro atoms. The molecule has 0 saturated heterocycles. The Morgan fingerprint density at radius 3 is 2.42 bits per heavy atom. The molecule has 5 nitrogen and oxygen atoms in total. The fourth-order valence-electron chi connectivity index (χ4n) is 2.03. The van der Waals surface area contributed by atoms with Crippen molar-refractivity contribution in [2.45, 2.75) is 46.3 Å². The molecule has 1 unspecified atom stereocenters. The van der Waals surface area contributed by atoms with E-state index in [-0.39, 0.29) is 11.7 Å². The van der Waals surface area contributed by atoms with Crippen LogP contribution in [0.15, 0.2) is 30.3 Å². The van der Waals surface area contributed by atoms with E-state index in [1.54, 1.807) is 34.0 Å². The maximum atomic E-state index is 12.4. The molecule has 0 aliphatic heterocycles. The van der Waals surface area contributed by atoms with Gasteiger partial charge in [0.15, 0.2) is 5.78 Å². The lowest BCUT2D eigenvalue weighted by molar-refractivity contribution is -0.117. The van der Waals surface area contributed by atoms with Gasteiger partial charge < -0.3 is 14.8 Å². The quantitative estimate of drug-likeness (QED) is 0.804.